The molecule has 79 heavy (non-hydrogen) atoms. The molecule has 6 heteroatoms. The minimum Gasteiger partial charge on any atom is -0.457 e. The molecule has 0 N–H and O–H groups in total. The number of fused-ring (bicyclic) bond motifs is 19. The number of pyridine rings is 1. The van der Waals surface area contributed by atoms with E-state index in [1.807, 2.05) is 18.2 Å². The van der Waals surface area contributed by atoms with E-state index in [0.29, 0.717) is 0 Å². The van der Waals surface area contributed by atoms with Crippen molar-refractivity contribution >= 4 is 22.2 Å². The van der Waals surface area contributed by atoms with Gasteiger partial charge in [-0.3, -0.25) is 0 Å². The Bertz CT molecular complexity index is 4610. The van der Waals surface area contributed by atoms with Gasteiger partial charge in [-0.1, -0.05) is 230 Å². The fourth-order valence-electron chi connectivity index (χ4n) is 13.7. The summed E-state index contributed by atoms with van der Waals surface area (Å²) in [4.78, 5) is 5.61. The average molecular weight is 1030 g/mol. The Morgan fingerprint density at radius 2 is 0.722 bits per heavy atom. The van der Waals surface area contributed by atoms with E-state index in [9.17, 15) is 0 Å². The van der Waals surface area contributed by atoms with Crippen LogP contribution in [-0.4, -0.2) is 15.2 Å². The number of para-hydroxylation sites is 1. The molecule has 2 aromatic heterocycles. The highest BCUT2D eigenvalue weighted by Gasteiger charge is 2.53. The van der Waals surface area contributed by atoms with Gasteiger partial charge in [-0.05, 0) is 104 Å². The van der Waals surface area contributed by atoms with Gasteiger partial charge in [-0.15, -0.1) is 10.2 Å². The van der Waals surface area contributed by atoms with E-state index in [1.165, 1.54) is 44.5 Å². The molecular formula is C73H43N3O2S. The summed E-state index contributed by atoms with van der Waals surface area (Å²) in [7, 11) is 0. The van der Waals surface area contributed by atoms with Crippen LogP contribution in [-0.2, 0) is 10.8 Å². The summed E-state index contributed by atoms with van der Waals surface area (Å²) in [5.41, 5.74) is 22.3. The van der Waals surface area contributed by atoms with Crippen LogP contribution < -0.4 is 9.47 Å². The molecule has 0 bridgehead atoms. The molecule has 4 heterocycles. The predicted molar refractivity (Wildman–Crippen MR) is 317 cm³/mol. The van der Waals surface area contributed by atoms with Crippen LogP contribution in [0, 0.1) is 0 Å². The van der Waals surface area contributed by atoms with E-state index in [1.54, 1.807) is 11.3 Å². The Labute approximate surface area is 460 Å². The smallest absolute Gasteiger partial charge is 0.148 e. The van der Waals surface area contributed by atoms with Crippen molar-refractivity contribution in [2.24, 2.45) is 0 Å². The monoisotopic (exact) mass is 1030 g/mol. The van der Waals surface area contributed by atoms with Crippen molar-refractivity contribution in [1.29, 1.82) is 0 Å². The van der Waals surface area contributed by atoms with Gasteiger partial charge in [0.15, 0.2) is 0 Å². The lowest BCUT2D eigenvalue weighted by atomic mass is 9.65. The molecule has 13 aromatic rings. The Morgan fingerprint density at radius 1 is 0.278 bits per heavy atom. The summed E-state index contributed by atoms with van der Waals surface area (Å²) in [5.74, 6) is 3.32. The fourth-order valence-corrected chi connectivity index (χ4v) is 14.6. The molecule has 0 radical (unpaired) electrons. The highest BCUT2D eigenvalue weighted by molar-refractivity contribution is 7.17. The van der Waals surface area contributed by atoms with E-state index in [4.69, 9.17) is 19.6 Å². The van der Waals surface area contributed by atoms with E-state index < -0.39 is 10.8 Å². The van der Waals surface area contributed by atoms with Crippen molar-refractivity contribution in [1.82, 2.24) is 15.2 Å². The second-order valence-electron chi connectivity index (χ2n) is 20.9. The largest absolute Gasteiger partial charge is 0.457 e. The second kappa shape index (κ2) is 16.7. The molecule has 2 spiro atoms. The molecule has 5 nitrogen and oxygen atoms in total. The van der Waals surface area contributed by atoms with Crippen LogP contribution in [0.2, 0.25) is 0 Å². The van der Waals surface area contributed by atoms with Crippen LogP contribution in [0.1, 0.15) is 44.5 Å². The Kier molecular flexibility index (Phi) is 9.36. The summed E-state index contributed by atoms with van der Waals surface area (Å²) < 4.78 is 14.2. The van der Waals surface area contributed by atoms with Crippen LogP contribution >= 0.6 is 11.3 Å². The molecule has 11 aromatic carbocycles. The second-order valence-corrected chi connectivity index (χ2v) is 21.9. The zero-order valence-electron chi connectivity index (χ0n) is 42.4. The lowest BCUT2D eigenvalue weighted by Gasteiger charge is -2.39. The van der Waals surface area contributed by atoms with Gasteiger partial charge in [-0.25, -0.2) is 4.98 Å². The molecule has 0 atom stereocenters. The van der Waals surface area contributed by atoms with Crippen molar-refractivity contribution in [2.45, 2.75) is 10.8 Å². The molecule has 2 aliphatic heterocycles. The number of nitrogens with zero attached hydrogens (tertiary/aromatic N) is 3. The zero-order valence-corrected chi connectivity index (χ0v) is 43.2. The maximum atomic E-state index is 7.14. The third-order valence-electron chi connectivity index (χ3n) is 17.0. The maximum Gasteiger partial charge on any atom is 0.148 e. The first-order valence-corrected chi connectivity index (χ1v) is 27.6. The van der Waals surface area contributed by atoms with E-state index >= 15 is 0 Å². The first-order chi connectivity index (χ1) is 39.1. The average Bonchev–Trinajstić information content (AvgIpc) is 3.96. The highest BCUT2D eigenvalue weighted by Crippen LogP contribution is 2.64. The summed E-state index contributed by atoms with van der Waals surface area (Å²) in [6.07, 6.45) is 0. The standard InChI is InChI=1S/C73H43N3O2S/c1-3-17-44(18-4-1)64-39-36-55-49(34-35-50(69(55)74-64)47-31-37-61-67(42-47)77-65-30-16-15-29-60(65)72(61)56-25-11-7-21-51(56)52-22-8-12-26-57(52)72)46-33-40-66-63(41-46)73(58-27-13-9-23-53(58)54-24-10-14-28-59(54)73)62-38-32-48(43-68(62)78-66)71-76-75-70(79-71)45-19-5-2-6-20-45/h1-43H. The van der Waals surface area contributed by atoms with Gasteiger partial charge in [0.1, 0.15) is 33.0 Å². The minimum atomic E-state index is -0.686. The summed E-state index contributed by atoms with van der Waals surface area (Å²) in [6, 6.07) is 94.0. The van der Waals surface area contributed by atoms with Crippen molar-refractivity contribution in [2.75, 3.05) is 0 Å². The topological polar surface area (TPSA) is 57.1 Å². The van der Waals surface area contributed by atoms with Crippen LogP contribution in [0.25, 0.3) is 87.8 Å². The molecule has 0 saturated heterocycles. The third-order valence-corrected chi connectivity index (χ3v) is 18.1. The summed E-state index contributed by atoms with van der Waals surface area (Å²) in [6.45, 7) is 0. The maximum absolute atomic E-state index is 7.14. The van der Waals surface area contributed by atoms with E-state index in [2.05, 4.69) is 248 Å². The van der Waals surface area contributed by atoms with Gasteiger partial charge in [0.25, 0.3) is 0 Å². The van der Waals surface area contributed by atoms with Gasteiger partial charge in [0.05, 0.1) is 22.0 Å². The Morgan fingerprint density at radius 3 is 1.34 bits per heavy atom. The van der Waals surface area contributed by atoms with Crippen molar-refractivity contribution in [3.8, 4) is 99.9 Å². The number of ether oxygens (including phenoxy) is 2. The van der Waals surface area contributed by atoms with Gasteiger partial charge in [0, 0.05) is 49.9 Å². The highest BCUT2D eigenvalue weighted by atomic mass is 32.1. The molecule has 0 unspecified atom stereocenters. The Balaban J connectivity index is 0.848. The van der Waals surface area contributed by atoms with Gasteiger partial charge >= 0.3 is 0 Å². The number of aromatic nitrogens is 3. The molecule has 0 saturated carbocycles. The van der Waals surface area contributed by atoms with Crippen LogP contribution in [0.3, 0.4) is 0 Å². The zero-order chi connectivity index (χ0) is 51.8. The third kappa shape index (κ3) is 6.17. The SMILES string of the molecule is c1ccc(-c2ccc3c(-c4ccc5c(c4)C4(c6ccc(-c7nnc(-c8ccccc8)s7)cc6O5)c5ccccc5-c5ccccc54)ccc(-c4ccc5c(c4)Oc4ccccc4C54c5ccccc5-c5ccccc54)c3n2)cc1. The molecule has 2 aliphatic carbocycles. The van der Waals surface area contributed by atoms with Crippen LogP contribution in [0.15, 0.2) is 261 Å². The van der Waals surface area contributed by atoms with Gasteiger partial charge in [0.2, 0.25) is 0 Å². The number of rotatable bonds is 5. The van der Waals surface area contributed by atoms with Gasteiger partial charge < -0.3 is 9.47 Å². The summed E-state index contributed by atoms with van der Waals surface area (Å²) >= 11 is 1.59. The van der Waals surface area contributed by atoms with Crippen LogP contribution in [0.5, 0.6) is 23.0 Å². The van der Waals surface area contributed by atoms with Crippen LogP contribution in [0.4, 0.5) is 0 Å². The minimum absolute atomic E-state index is 0.553. The first kappa shape index (κ1) is 44.2. The first-order valence-electron chi connectivity index (χ1n) is 26.8. The van der Waals surface area contributed by atoms with E-state index in [-0.39, 0.29) is 0 Å². The Hall–Kier alpha value is -10.0. The number of benzene rings is 11. The normalized spacial score (nSPS) is 14.0. The van der Waals surface area contributed by atoms with Crippen molar-refractivity contribution < 1.29 is 9.47 Å². The summed E-state index contributed by atoms with van der Waals surface area (Å²) in [5, 5.41) is 12.1. The molecule has 368 valence electrons. The molecular weight excluding hydrogens is 983 g/mol. The fraction of sp³-hybridized carbons (Fsp3) is 0.0274. The van der Waals surface area contributed by atoms with Crippen molar-refractivity contribution in [3.63, 3.8) is 0 Å². The number of hydrogen-bond acceptors (Lipinski definition) is 6. The molecule has 0 amide bonds. The molecule has 4 aliphatic rings. The van der Waals surface area contributed by atoms with Gasteiger partial charge in [-0.2, -0.15) is 0 Å². The lowest BCUT2D eigenvalue weighted by molar-refractivity contribution is 0.436. The molecule has 0 fully saturated rings. The molecule has 17 rings (SSSR count). The predicted octanol–water partition coefficient (Wildman–Crippen LogP) is 18.4. The number of hydrogen-bond donors (Lipinski definition) is 0. The van der Waals surface area contributed by atoms with Crippen molar-refractivity contribution in [3.05, 3.63) is 305 Å². The quantitative estimate of drug-likeness (QED) is 0.172. The lowest BCUT2D eigenvalue weighted by Crippen LogP contribution is -2.32. The van der Waals surface area contributed by atoms with E-state index in [0.717, 1.165) is 111 Å².